The number of aliphatic hydroxyl groups excluding tert-OH is 2. The zero-order chi connectivity index (χ0) is 26.9. The number of hydrogen-bond donors (Lipinski definition) is 2. The van der Waals surface area contributed by atoms with Crippen molar-refractivity contribution >= 4 is 15.9 Å². The molecule has 4 rings (SSSR count). The third-order valence-electron chi connectivity index (χ3n) is 6.24. The van der Waals surface area contributed by atoms with Gasteiger partial charge in [-0.1, -0.05) is 82.7 Å². The maximum atomic E-state index is 11.4. The largest absolute Gasteiger partial charge is 0.493 e. The van der Waals surface area contributed by atoms with Crippen molar-refractivity contribution in [2.24, 2.45) is 0 Å². The van der Waals surface area contributed by atoms with Gasteiger partial charge in [0.2, 0.25) is 0 Å². The summed E-state index contributed by atoms with van der Waals surface area (Å²) < 4.78 is 24.1. The SMILES string of the molecule is COc1cc([C@@H](O)[C@@H](CO)c2cc(Br)cc(OC)c2OCc2ccccc2)ccc1OCc1ccccc1. The smallest absolute Gasteiger partial charge is 0.165 e. The van der Waals surface area contributed by atoms with E-state index in [0.717, 1.165) is 15.6 Å². The Balaban J connectivity index is 1.61. The van der Waals surface area contributed by atoms with E-state index in [1.54, 1.807) is 38.5 Å². The molecule has 2 N–H and O–H groups in total. The molecule has 0 aliphatic carbocycles. The molecule has 0 saturated carbocycles. The quantitative estimate of drug-likeness (QED) is 0.201. The average Bonchev–Trinajstić information content (AvgIpc) is 2.96. The summed E-state index contributed by atoms with van der Waals surface area (Å²) >= 11 is 3.52. The highest BCUT2D eigenvalue weighted by atomic mass is 79.9. The second-order valence-electron chi connectivity index (χ2n) is 8.72. The van der Waals surface area contributed by atoms with Crippen molar-refractivity contribution in [2.75, 3.05) is 20.8 Å². The van der Waals surface area contributed by atoms with Gasteiger partial charge in [0.05, 0.1) is 26.9 Å². The van der Waals surface area contributed by atoms with E-state index in [9.17, 15) is 10.2 Å². The lowest BCUT2D eigenvalue weighted by Crippen LogP contribution is -2.17. The molecule has 4 aromatic rings. The molecule has 198 valence electrons. The Hall–Kier alpha value is -3.52. The van der Waals surface area contributed by atoms with Crippen molar-refractivity contribution in [3.63, 3.8) is 0 Å². The first-order valence-corrected chi connectivity index (χ1v) is 13.0. The number of ether oxygens (including phenoxy) is 4. The predicted octanol–water partition coefficient (Wildman–Crippen LogP) is 6.43. The van der Waals surface area contributed by atoms with E-state index in [1.165, 1.54) is 0 Å². The van der Waals surface area contributed by atoms with Gasteiger partial charge in [0.1, 0.15) is 13.2 Å². The van der Waals surface area contributed by atoms with Gasteiger partial charge in [-0.15, -0.1) is 0 Å². The third kappa shape index (κ3) is 6.67. The summed E-state index contributed by atoms with van der Waals surface area (Å²) in [6.07, 6.45) is -1.06. The van der Waals surface area contributed by atoms with Gasteiger partial charge in [-0.05, 0) is 41.0 Å². The lowest BCUT2D eigenvalue weighted by atomic mass is 9.88. The van der Waals surface area contributed by atoms with Crippen LogP contribution in [0.2, 0.25) is 0 Å². The molecular formula is C31H31BrO6. The van der Waals surface area contributed by atoms with Crippen molar-refractivity contribution in [1.29, 1.82) is 0 Å². The van der Waals surface area contributed by atoms with E-state index in [-0.39, 0.29) is 6.61 Å². The normalized spacial score (nSPS) is 12.4. The van der Waals surface area contributed by atoms with Crippen LogP contribution in [0.5, 0.6) is 23.0 Å². The first-order valence-electron chi connectivity index (χ1n) is 12.2. The Labute approximate surface area is 231 Å². The average molecular weight is 579 g/mol. The fourth-order valence-corrected chi connectivity index (χ4v) is 4.68. The van der Waals surface area contributed by atoms with E-state index in [0.29, 0.717) is 47.3 Å². The summed E-state index contributed by atoms with van der Waals surface area (Å²) in [5.41, 5.74) is 3.21. The first-order chi connectivity index (χ1) is 18.5. The number of hydrogen-bond acceptors (Lipinski definition) is 6. The minimum absolute atomic E-state index is 0.307. The molecule has 0 fully saturated rings. The summed E-state index contributed by atoms with van der Waals surface area (Å²) in [4.78, 5) is 0. The van der Waals surface area contributed by atoms with Gasteiger partial charge in [0, 0.05) is 16.0 Å². The molecule has 0 spiro atoms. The van der Waals surface area contributed by atoms with Crippen LogP contribution in [0, 0.1) is 0 Å². The van der Waals surface area contributed by atoms with E-state index >= 15 is 0 Å². The number of benzene rings is 4. The molecule has 0 aromatic heterocycles. The van der Waals surface area contributed by atoms with E-state index in [1.807, 2.05) is 66.7 Å². The summed E-state index contributed by atoms with van der Waals surface area (Å²) in [6.45, 7) is 0.372. The van der Waals surface area contributed by atoms with Crippen LogP contribution in [-0.2, 0) is 13.2 Å². The molecule has 0 unspecified atom stereocenters. The minimum Gasteiger partial charge on any atom is -0.493 e. The number of rotatable bonds is 12. The zero-order valence-electron chi connectivity index (χ0n) is 21.3. The van der Waals surface area contributed by atoms with Crippen LogP contribution in [0.15, 0.2) is 95.5 Å². The summed E-state index contributed by atoms with van der Waals surface area (Å²) in [6, 6.07) is 28.5. The standard InChI is InChI=1S/C31H31BrO6/c1-35-28-15-23(13-14-27(28)37-19-21-9-5-3-6-10-21)30(34)26(18-33)25-16-24(32)17-29(36-2)31(25)38-20-22-11-7-4-8-12-22/h3-17,26,30,33-34H,18-20H2,1-2H3/t26-,30+/m0/s1. The Bertz CT molecular complexity index is 1310. The predicted molar refractivity (Wildman–Crippen MR) is 150 cm³/mol. The van der Waals surface area contributed by atoms with Gasteiger partial charge in [-0.25, -0.2) is 0 Å². The summed E-state index contributed by atoms with van der Waals surface area (Å²) in [7, 11) is 3.11. The molecule has 0 saturated heterocycles. The zero-order valence-corrected chi connectivity index (χ0v) is 22.9. The maximum Gasteiger partial charge on any atom is 0.165 e. The maximum absolute atomic E-state index is 11.4. The summed E-state index contributed by atoms with van der Waals surface area (Å²) in [5, 5.41) is 21.9. The van der Waals surface area contributed by atoms with Crippen molar-refractivity contribution < 1.29 is 29.2 Å². The van der Waals surface area contributed by atoms with Gasteiger partial charge >= 0.3 is 0 Å². The Morgan fingerprint density at radius 1 is 0.711 bits per heavy atom. The van der Waals surface area contributed by atoms with Crippen LogP contribution < -0.4 is 18.9 Å². The molecular weight excluding hydrogens is 548 g/mol. The number of methoxy groups -OCH3 is 2. The van der Waals surface area contributed by atoms with Crippen molar-refractivity contribution in [1.82, 2.24) is 0 Å². The molecule has 0 radical (unpaired) electrons. The van der Waals surface area contributed by atoms with Gasteiger partial charge in [-0.2, -0.15) is 0 Å². The first kappa shape index (κ1) is 27.5. The highest BCUT2D eigenvalue weighted by molar-refractivity contribution is 9.10. The van der Waals surface area contributed by atoms with Crippen LogP contribution in [-0.4, -0.2) is 31.0 Å². The van der Waals surface area contributed by atoms with Crippen molar-refractivity contribution in [2.45, 2.75) is 25.2 Å². The lowest BCUT2D eigenvalue weighted by molar-refractivity contribution is 0.104. The molecule has 2 atom stereocenters. The second kappa shape index (κ2) is 13.3. The van der Waals surface area contributed by atoms with Crippen LogP contribution >= 0.6 is 15.9 Å². The van der Waals surface area contributed by atoms with Gasteiger partial charge < -0.3 is 29.2 Å². The molecule has 4 aromatic carbocycles. The molecule has 0 heterocycles. The molecule has 0 aliphatic rings. The van der Waals surface area contributed by atoms with Crippen molar-refractivity contribution in [3.05, 3.63) is 118 Å². The summed E-state index contributed by atoms with van der Waals surface area (Å²) in [5.74, 6) is 1.31. The molecule has 0 bridgehead atoms. The van der Waals surface area contributed by atoms with Crippen LogP contribution in [0.3, 0.4) is 0 Å². The van der Waals surface area contributed by atoms with Crippen molar-refractivity contribution in [3.8, 4) is 23.0 Å². The van der Waals surface area contributed by atoms with Gasteiger partial charge in [0.25, 0.3) is 0 Å². The number of aliphatic hydroxyl groups is 2. The van der Waals surface area contributed by atoms with E-state index in [4.69, 9.17) is 18.9 Å². The Morgan fingerprint density at radius 3 is 1.89 bits per heavy atom. The molecule has 6 nitrogen and oxygen atoms in total. The fourth-order valence-electron chi connectivity index (χ4n) is 4.22. The third-order valence-corrected chi connectivity index (χ3v) is 6.70. The van der Waals surface area contributed by atoms with Gasteiger partial charge in [0.15, 0.2) is 23.0 Å². The Kier molecular flexibility index (Phi) is 9.65. The topological polar surface area (TPSA) is 77.4 Å². The second-order valence-corrected chi connectivity index (χ2v) is 9.63. The molecule has 38 heavy (non-hydrogen) atoms. The van der Waals surface area contributed by atoms with Gasteiger partial charge in [-0.3, -0.25) is 0 Å². The fraction of sp³-hybridized carbons (Fsp3) is 0.226. The molecule has 0 aliphatic heterocycles. The van der Waals surface area contributed by atoms with Crippen LogP contribution in [0.25, 0.3) is 0 Å². The molecule has 7 heteroatoms. The van der Waals surface area contributed by atoms with Crippen LogP contribution in [0.1, 0.15) is 34.3 Å². The minimum atomic E-state index is -1.06. The highest BCUT2D eigenvalue weighted by Gasteiger charge is 2.28. The van der Waals surface area contributed by atoms with E-state index in [2.05, 4.69) is 15.9 Å². The highest BCUT2D eigenvalue weighted by Crippen LogP contribution is 2.44. The molecule has 0 amide bonds. The monoisotopic (exact) mass is 578 g/mol. The number of halogens is 1. The Morgan fingerprint density at radius 2 is 1.32 bits per heavy atom. The van der Waals surface area contributed by atoms with Crippen LogP contribution in [0.4, 0.5) is 0 Å². The lowest BCUT2D eigenvalue weighted by Gasteiger charge is -2.26. The van der Waals surface area contributed by atoms with E-state index < -0.39 is 12.0 Å².